The number of carbonyl (C=O) groups excluding carboxylic acids is 1. The van der Waals surface area contributed by atoms with Crippen LogP contribution in [0.4, 0.5) is 0 Å². The summed E-state index contributed by atoms with van der Waals surface area (Å²) >= 11 is 0. The molecule has 5 heteroatoms. The van der Waals surface area contributed by atoms with Gasteiger partial charge in [0.25, 0.3) is 0 Å². The normalized spacial score (nSPS) is 11.5. The summed E-state index contributed by atoms with van der Waals surface area (Å²) in [7, 11) is 3.03. The summed E-state index contributed by atoms with van der Waals surface area (Å²) in [6.07, 6.45) is 2.23. The van der Waals surface area contributed by atoms with Crippen molar-refractivity contribution in [2.75, 3.05) is 20.8 Å². The number of rotatable bonds is 10. The van der Waals surface area contributed by atoms with Crippen LogP contribution < -0.4 is 14.8 Å². The van der Waals surface area contributed by atoms with E-state index >= 15 is 0 Å². The summed E-state index contributed by atoms with van der Waals surface area (Å²) in [5.41, 5.74) is 2.08. The van der Waals surface area contributed by atoms with Gasteiger partial charge in [-0.2, -0.15) is 0 Å². The molecule has 5 nitrogen and oxygen atoms in total. The van der Waals surface area contributed by atoms with Crippen molar-refractivity contribution in [3.63, 3.8) is 0 Å². The van der Waals surface area contributed by atoms with E-state index in [4.69, 9.17) is 14.2 Å². The third kappa shape index (κ3) is 5.93. The lowest BCUT2D eigenvalue weighted by atomic mass is 10.1. The standard InChI is InChI=1S/C21H25NO4/c1-4-13-26-19-11-5-16(6-12-19)14-20(21(23)25-3)22-15-17-7-9-18(24-2)10-8-17/h4-12,20,22H,1,13-15H2,2-3H3/t20-/m0/s1. The number of methoxy groups -OCH3 is 2. The van der Waals surface area contributed by atoms with Crippen LogP contribution in [-0.4, -0.2) is 32.8 Å². The first-order chi connectivity index (χ1) is 12.7. The van der Waals surface area contributed by atoms with Gasteiger partial charge in [-0.25, -0.2) is 0 Å². The van der Waals surface area contributed by atoms with Crippen molar-refractivity contribution < 1.29 is 19.0 Å². The van der Waals surface area contributed by atoms with Crippen LogP contribution in [0.3, 0.4) is 0 Å². The maximum absolute atomic E-state index is 12.1. The Morgan fingerprint density at radius 1 is 1.04 bits per heavy atom. The van der Waals surface area contributed by atoms with Crippen molar-refractivity contribution in [2.45, 2.75) is 19.0 Å². The third-order valence-corrected chi connectivity index (χ3v) is 3.93. The lowest BCUT2D eigenvalue weighted by molar-refractivity contribution is -0.143. The zero-order valence-corrected chi connectivity index (χ0v) is 15.2. The van der Waals surface area contributed by atoms with Crippen LogP contribution in [0.1, 0.15) is 11.1 Å². The Bertz CT molecular complexity index is 695. The van der Waals surface area contributed by atoms with E-state index in [1.807, 2.05) is 48.5 Å². The Labute approximate surface area is 154 Å². The largest absolute Gasteiger partial charge is 0.497 e. The molecule has 2 aromatic carbocycles. The minimum atomic E-state index is -0.429. The zero-order valence-electron chi connectivity index (χ0n) is 15.2. The molecule has 138 valence electrons. The van der Waals surface area contributed by atoms with E-state index in [0.29, 0.717) is 19.6 Å². The number of benzene rings is 2. The van der Waals surface area contributed by atoms with Crippen molar-refractivity contribution in [1.82, 2.24) is 5.32 Å². The number of nitrogens with one attached hydrogen (secondary N) is 1. The average molecular weight is 355 g/mol. The first-order valence-corrected chi connectivity index (χ1v) is 8.43. The van der Waals surface area contributed by atoms with Crippen LogP contribution in [0.15, 0.2) is 61.2 Å². The van der Waals surface area contributed by atoms with Crippen LogP contribution in [0.5, 0.6) is 11.5 Å². The van der Waals surface area contributed by atoms with Gasteiger partial charge < -0.3 is 19.5 Å². The first kappa shape index (κ1) is 19.5. The molecule has 26 heavy (non-hydrogen) atoms. The molecular formula is C21H25NO4. The second-order valence-corrected chi connectivity index (χ2v) is 5.75. The molecule has 2 rings (SSSR count). The highest BCUT2D eigenvalue weighted by Gasteiger charge is 2.19. The summed E-state index contributed by atoms with van der Waals surface area (Å²) in [4.78, 5) is 12.1. The number of hydrogen-bond acceptors (Lipinski definition) is 5. The zero-order chi connectivity index (χ0) is 18.8. The van der Waals surface area contributed by atoms with Gasteiger partial charge in [-0.3, -0.25) is 4.79 Å². The van der Waals surface area contributed by atoms with E-state index in [-0.39, 0.29) is 5.97 Å². The lowest BCUT2D eigenvalue weighted by Gasteiger charge is -2.17. The fourth-order valence-corrected chi connectivity index (χ4v) is 2.48. The van der Waals surface area contributed by atoms with Crippen molar-refractivity contribution in [3.8, 4) is 11.5 Å². The number of ether oxygens (including phenoxy) is 3. The van der Waals surface area contributed by atoms with Gasteiger partial charge in [0.2, 0.25) is 0 Å². The second-order valence-electron chi connectivity index (χ2n) is 5.75. The van der Waals surface area contributed by atoms with Gasteiger partial charge in [0.05, 0.1) is 14.2 Å². The molecule has 0 fully saturated rings. The molecule has 0 aliphatic carbocycles. The maximum Gasteiger partial charge on any atom is 0.323 e. The molecule has 0 radical (unpaired) electrons. The van der Waals surface area contributed by atoms with Crippen LogP contribution in [0.2, 0.25) is 0 Å². The van der Waals surface area contributed by atoms with E-state index in [0.717, 1.165) is 22.6 Å². The van der Waals surface area contributed by atoms with Gasteiger partial charge in [-0.05, 0) is 41.8 Å². The molecule has 0 aliphatic rings. The van der Waals surface area contributed by atoms with Crippen molar-refractivity contribution in [1.29, 1.82) is 0 Å². The first-order valence-electron chi connectivity index (χ1n) is 8.43. The van der Waals surface area contributed by atoms with Crippen molar-refractivity contribution in [3.05, 3.63) is 72.3 Å². The highest BCUT2D eigenvalue weighted by atomic mass is 16.5. The van der Waals surface area contributed by atoms with Crippen molar-refractivity contribution >= 4 is 5.97 Å². The molecule has 2 aromatic rings. The number of esters is 1. The third-order valence-electron chi connectivity index (χ3n) is 3.93. The van der Waals surface area contributed by atoms with Gasteiger partial charge in [-0.1, -0.05) is 36.9 Å². The van der Waals surface area contributed by atoms with E-state index in [1.54, 1.807) is 13.2 Å². The molecule has 0 aliphatic heterocycles. The summed E-state index contributed by atoms with van der Waals surface area (Å²) in [6, 6.07) is 15.0. The predicted octanol–water partition coefficient (Wildman–Crippen LogP) is 3.13. The maximum atomic E-state index is 12.1. The molecule has 0 aromatic heterocycles. The predicted molar refractivity (Wildman–Crippen MR) is 101 cm³/mol. The van der Waals surface area contributed by atoms with Gasteiger partial charge in [0, 0.05) is 6.54 Å². The molecule has 0 spiro atoms. The summed E-state index contributed by atoms with van der Waals surface area (Å²) < 4.78 is 15.6. The Morgan fingerprint density at radius 3 is 2.23 bits per heavy atom. The topological polar surface area (TPSA) is 56.8 Å². The molecule has 1 atom stereocenters. The Hall–Kier alpha value is -2.79. The Balaban J connectivity index is 1.97. The van der Waals surface area contributed by atoms with Gasteiger partial charge in [0.1, 0.15) is 24.1 Å². The highest BCUT2D eigenvalue weighted by Crippen LogP contribution is 2.15. The molecule has 0 unspecified atom stereocenters. The Kier molecular flexibility index (Phi) is 7.71. The van der Waals surface area contributed by atoms with E-state index in [9.17, 15) is 4.79 Å². The average Bonchev–Trinajstić information content (AvgIpc) is 2.70. The molecule has 0 bridgehead atoms. The molecule has 0 saturated carbocycles. The van der Waals surface area contributed by atoms with E-state index in [2.05, 4.69) is 11.9 Å². The molecule has 0 heterocycles. The summed E-state index contributed by atoms with van der Waals surface area (Å²) in [6.45, 7) is 4.65. The second kappa shape index (κ2) is 10.3. The van der Waals surface area contributed by atoms with Crippen LogP contribution in [0, 0.1) is 0 Å². The van der Waals surface area contributed by atoms with Gasteiger partial charge in [0.15, 0.2) is 0 Å². The van der Waals surface area contributed by atoms with Gasteiger partial charge >= 0.3 is 5.97 Å². The molecule has 1 N–H and O–H groups in total. The van der Waals surface area contributed by atoms with Crippen LogP contribution in [-0.2, 0) is 22.5 Å². The fraction of sp³-hybridized carbons (Fsp3) is 0.286. The lowest BCUT2D eigenvalue weighted by Crippen LogP contribution is -2.39. The van der Waals surface area contributed by atoms with E-state index in [1.165, 1.54) is 7.11 Å². The van der Waals surface area contributed by atoms with Crippen LogP contribution in [0.25, 0.3) is 0 Å². The highest BCUT2D eigenvalue weighted by molar-refractivity contribution is 5.76. The van der Waals surface area contributed by atoms with E-state index < -0.39 is 6.04 Å². The summed E-state index contributed by atoms with van der Waals surface area (Å²) in [5.74, 6) is 1.29. The minimum Gasteiger partial charge on any atom is -0.497 e. The molecule has 0 saturated heterocycles. The number of carbonyl (C=O) groups is 1. The molecule has 0 amide bonds. The quantitative estimate of drug-likeness (QED) is 0.524. The Morgan fingerprint density at radius 2 is 1.65 bits per heavy atom. The monoisotopic (exact) mass is 355 g/mol. The smallest absolute Gasteiger partial charge is 0.323 e. The van der Waals surface area contributed by atoms with Crippen LogP contribution >= 0.6 is 0 Å². The summed E-state index contributed by atoms with van der Waals surface area (Å²) in [5, 5.41) is 3.26. The fourth-order valence-electron chi connectivity index (χ4n) is 2.48. The van der Waals surface area contributed by atoms with Gasteiger partial charge in [-0.15, -0.1) is 0 Å². The molecular weight excluding hydrogens is 330 g/mol. The number of hydrogen-bond donors (Lipinski definition) is 1. The SMILES string of the molecule is C=CCOc1ccc(C[C@H](NCc2ccc(OC)cc2)C(=O)OC)cc1. The van der Waals surface area contributed by atoms with Crippen molar-refractivity contribution in [2.24, 2.45) is 0 Å². The minimum absolute atomic E-state index is 0.287.